The number of methoxy groups -OCH3 is 1. The number of rotatable bonds is 10. The van der Waals surface area contributed by atoms with Crippen LogP contribution in [0.5, 0.6) is 5.75 Å². The zero-order chi connectivity index (χ0) is 20.6. The number of anilines is 1. The van der Waals surface area contributed by atoms with Crippen LogP contribution in [-0.2, 0) is 16.1 Å². The molecule has 28 heavy (non-hydrogen) atoms. The third kappa shape index (κ3) is 5.83. The number of aryl methyl sites for hydroxylation is 2. The molecule has 2 aromatic carbocycles. The smallest absolute Gasteiger partial charge is 0.256 e. The molecule has 0 aliphatic carbocycles. The van der Waals surface area contributed by atoms with E-state index >= 15 is 0 Å². The Morgan fingerprint density at radius 1 is 1.07 bits per heavy atom. The fraction of sp³-hybridized carbons (Fsp3) is 0.458. The van der Waals surface area contributed by atoms with Gasteiger partial charge in [-0.25, -0.2) is 0 Å². The zero-order valence-electron chi connectivity index (χ0n) is 17.8. The van der Waals surface area contributed by atoms with Gasteiger partial charge in [-0.1, -0.05) is 56.5 Å². The van der Waals surface area contributed by atoms with Crippen LogP contribution in [-0.4, -0.2) is 18.6 Å². The van der Waals surface area contributed by atoms with Crippen LogP contribution in [0.1, 0.15) is 56.2 Å². The van der Waals surface area contributed by atoms with E-state index in [1.54, 1.807) is 7.11 Å². The van der Waals surface area contributed by atoms with E-state index in [2.05, 4.69) is 12.2 Å². The first kappa shape index (κ1) is 22.0. The molecule has 2 rings (SSSR count). The number of hydrogen-bond donors (Lipinski definition) is 1. The van der Waals surface area contributed by atoms with Crippen LogP contribution >= 0.6 is 0 Å². The van der Waals surface area contributed by atoms with Crippen molar-refractivity contribution in [2.24, 2.45) is 0 Å². The summed E-state index contributed by atoms with van der Waals surface area (Å²) in [5, 5.41) is 3.02. The molecule has 0 saturated heterocycles. The summed E-state index contributed by atoms with van der Waals surface area (Å²) >= 11 is 0. The van der Waals surface area contributed by atoms with Crippen LogP contribution in [0.25, 0.3) is 0 Å². The Morgan fingerprint density at radius 2 is 1.71 bits per heavy atom. The molecule has 152 valence electrons. The van der Waals surface area contributed by atoms with E-state index in [9.17, 15) is 4.79 Å². The minimum Gasteiger partial charge on any atom is -0.488 e. The van der Waals surface area contributed by atoms with Crippen molar-refractivity contribution in [2.75, 3.05) is 12.4 Å². The summed E-state index contributed by atoms with van der Waals surface area (Å²) in [6.45, 7) is 8.53. The van der Waals surface area contributed by atoms with Crippen LogP contribution in [0.3, 0.4) is 0 Å². The lowest BCUT2D eigenvalue weighted by atomic mass is 9.96. The Kier molecular flexibility index (Phi) is 8.06. The highest BCUT2D eigenvalue weighted by Gasteiger charge is 2.32. The summed E-state index contributed by atoms with van der Waals surface area (Å²) in [5.41, 5.74) is 3.07. The highest BCUT2D eigenvalue weighted by atomic mass is 16.5. The summed E-state index contributed by atoms with van der Waals surface area (Å²) in [5.74, 6) is 0.752. The normalized spacial score (nSPS) is 13.0. The summed E-state index contributed by atoms with van der Waals surface area (Å²) in [7, 11) is 1.60. The summed E-state index contributed by atoms with van der Waals surface area (Å²) < 4.78 is 11.6. The molecular weight excluding hydrogens is 350 g/mol. The van der Waals surface area contributed by atoms with Gasteiger partial charge in [0.15, 0.2) is 0 Å². The number of amides is 1. The van der Waals surface area contributed by atoms with Gasteiger partial charge in [0.2, 0.25) is 0 Å². The number of hydrogen-bond acceptors (Lipinski definition) is 3. The number of benzene rings is 2. The van der Waals surface area contributed by atoms with Gasteiger partial charge in [-0.15, -0.1) is 0 Å². The number of carbonyl (C=O) groups excluding carboxylic acids is 1. The van der Waals surface area contributed by atoms with Crippen molar-refractivity contribution >= 4 is 11.6 Å². The molecule has 0 bridgehead atoms. The fourth-order valence-corrected chi connectivity index (χ4v) is 3.26. The van der Waals surface area contributed by atoms with Gasteiger partial charge >= 0.3 is 0 Å². The molecule has 0 spiro atoms. The first-order valence-corrected chi connectivity index (χ1v) is 10.0. The summed E-state index contributed by atoms with van der Waals surface area (Å²) in [6.07, 6.45) is 3.89. The number of carbonyl (C=O) groups is 1. The predicted molar refractivity (Wildman–Crippen MR) is 115 cm³/mol. The van der Waals surface area contributed by atoms with Crippen molar-refractivity contribution in [1.29, 1.82) is 0 Å². The molecule has 0 saturated carbocycles. The zero-order valence-corrected chi connectivity index (χ0v) is 17.8. The molecular formula is C24H33NO3. The molecule has 1 amide bonds. The van der Waals surface area contributed by atoms with Crippen LogP contribution in [0.4, 0.5) is 5.69 Å². The van der Waals surface area contributed by atoms with Crippen molar-refractivity contribution in [3.8, 4) is 5.75 Å². The average Bonchev–Trinajstić information content (AvgIpc) is 2.68. The molecule has 0 heterocycles. The second kappa shape index (κ2) is 10.3. The van der Waals surface area contributed by atoms with Crippen LogP contribution in [0.15, 0.2) is 42.5 Å². The SMILES string of the molecule is CCCCC[C@@](C)(OC)C(=O)Nc1cc(C)c(OCc2ccccc2)c(C)c1. The first-order chi connectivity index (χ1) is 13.4. The standard InChI is InChI=1S/C24H33NO3/c1-6-7-11-14-24(4,27-5)23(26)25-21-15-18(2)22(19(3)16-21)28-17-20-12-9-8-10-13-20/h8-10,12-13,15-16H,6-7,11,14,17H2,1-5H3,(H,25,26)/t24-/m1/s1. The Labute approximate surface area is 169 Å². The van der Waals surface area contributed by atoms with Gasteiger partial charge in [0.25, 0.3) is 5.91 Å². The molecule has 0 unspecified atom stereocenters. The Hall–Kier alpha value is -2.33. The molecule has 0 fully saturated rings. The molecule has 0 aromatic heterocycles. The van der Waals surface area contributed by atoms with Crippen LogP contribution in [0.2, 0.25) is 0 Å². The number of unbranched alkanes of at least 4 members (excludes halogenated alkanes) is 2. The summed E-state index contributed by atoms with van der Waals surface area (Å²) in [4.78, 5) is 12.8. The highest BCUT2D eigenvalue weighted by molar-refractivity contribution is 5.97. The topological polar surface area (TPSA) is 47.6 Å². The van der Waals surface area contributed by atoms with Gasteiger partial charge in [0.05, 0.1) is 0 Å². The average molecular weight is 384 g/mol. The van der Waals surface area contributed by atoms with Crippen LogP contribution < -0.4 is 10.1 Å². The van der Waals surface area contributed by atoms with Gasteiger partial charge in [-0.05, 0) is 56.0 Å². The van der Waals surface area contributed by atoms with Crippen molar-refractivity contribution in [1.82, 2.24) is 0 Å². The van der Waals surface area contributed by atoms with Gasteiger partial charge in [-0.3, -0.25) is 4.79 Å². The largest absolute Gasteiger partial charge is 0.488 e. The van der Waals surface area contributed by atoms with E-state index in [4.69, 9.17) is 9.47 Å². The molecule has 1 atom stereocenters. The number of nitrogens with one attached hydrogen (secondary N) is 1. The quantitative estimate of drug-likeness (QED) is 0.527. The predicted octanol–water partition coefficient (Wildman–Crippen LogP) is 5.81. The van der Waals surface area contributed by atoms with Crippen molar-refractivity contribution in [2.45, 2.75) is 65.6 Å². The molecule has 1 N–H and O–H groups in total. The van der Waals surface area contributed by atoms with Crippen molar-refractivity contribution in [3.63, 3.8) is 0 Å². The first-order valence-electron chi connectivity index (χ1n) is 10.0. The molecule has 0 aliphatic rings. The fourth-order valence-electron chi connectivity index (χ4n) is 3.26. The molecule has 0 radical (unpaired) electrons. The van der Waals surface area contributed by atoms with Gasteiger partial charge in [0.1, 0.15) is 18.0 Å². The van der Waals surface area contributed by atoms with Crippen molar-refractivity contribution < 1.29 is 14.3 Å². The molecule has 4 nitrogen and oxygen atoms in total. The van der Waals surface area contributed by atoms with Gasteiger partial charge < -0.3 is 14.8 Å². The van der Waals surface area contributed by atoms with E-state index < -0.39 is 5.60 Å². The van der Waals surface area contributed by atoms with E-state index in [1.165, 1.54) is 0 Å². The van der Waals surface area contributed by atoms with E-state index in [1.807, 2.05) is 63.2 Å². The minimum atomic E-state index is -0.820. The minimum absolute atomic E-state index is 0.108. The van der Waals surface area contributed by atoms with Crippen LogP contribution in [0, 0.1) is 13.8 Å². The molecule has 2 aromatic rings. The second-order valence-corrected chi connectivity index (χ2v) is 7.56. The lowest BCUT2D eigenvalue weighted by molar-refractivity contribution is -0.136. The molecule has 0 aliphatic heterocycles. The monoisotopic (exact) mass is 383 g/mol. The highest BCUT2D eigenvalue weighted by Crippen LogP contribution is 2.29. The lowest BCUT2D eigenvalue weighted by Gasteiger charge is -2.27. The van der Waals surface area contributed by atoms with Crippen molar-refractivity contribution in [3.05, 3.63) is 59.2 Å². The number of ether oxygens (including phenoxy) is 2. The third-order valence-corrected chi connectivity index (χ3v) is 5.13. The summed E-state index contributed by atoms with van der Waals surface area (Å²) in [6, 6.07) is 14.0. The maximum Gasteiger partial charge on any atom is 0.256 e. The van der Waals surface area contributed by atoms with Gasteiger partial charge in [-0.2, -0.15) is 0 Å². The third-order valence-electron chi connectivity index (χ3n) is 5.13. The van der Waals surface area contributed by atoms with E-state index in [0.29, 0.717) is 13.0 Å². The van der Waals surface area contributed by atoms with E-state index in [-0.39, 0.29) is 5.91 Å². The lowest BCUT2D eigenvalue weighted by Crippen LogP contribution is -2.42. The van der Waals surface area contributed by atoms with Gasteiger partial charge in [0, 0.05) is 12.8 Å². The Balaban J connectivity index is 2.07. The van der Waals surface area contributed by atoms with E-state index in [0.717, 1.165) is 47.4 Å². The second-order valence-electron chi connectivity index (χ2n) is 7.56. The molecule has 4 heteroatoms. The maximum absolute atomic E-state index is 12.8. The maximum atomic E-state index is 12.8. The Bertz CT molecular complexity index is 750. The Morgan fingerprint density at radius 3 is 2.29 bits per heavy atom.